The topological polar surface area (TPSA) is 96.2 Å². The summed E-state index contributed by atoms with van der Waals surface area (Å²) in [4.78, 5) is 28.5. The van der Waals surface area contributed by atoms with Gasteiger partial charge in [-0.3, -0.25) is 9.78 Å². The zero-order valence-electron chi connectivity index (χ0n) is 9.54. The first kappa shape index (κ1) is 11.7. The highest BCUT2D eigenvalue weighted by atomic mass is 32.1. The molecule has 1 aromatic carbocycles. The Bertz CT molecular complexity index is 814. The molecular formula is C12H8N2O4S. The van der Waals surface area contributed by atoms with E-state index in [1.807, 2.05) is 0 Å². The van der Waals surface area contributed by atoms with Gasteiger partial charge in [0.1, 0.15) is 5.01 Å². The molecule has 3 aromatic rings. The Labute approximate surface area is 110 Å². The van der Waals surface area contributed by atoms with Gasteiger partial charge in [-0.05, 0) is 18.2 Å². The largest absolute Gasteiger partial charge is 0.481 e. The second-order valence-corrected chi connectivity index (χ2v) is 4.80. The van der Waals surface area contributed by atoms with Crippen LogP contribution in [0.15, 0.2) is 32.8 Å². The molecule has 3 rings (SSSR count). The molecule has 0 amide bonds. The van der Waals surface area contributed by atoms with Gasteiger partial charge in [-0.15, -0.1) is 11.3 Å². The van der Waals surface area contributed by atoms with Crippen LogP contribution in [0.1, 0.15) is 5.69 Å². The fourth-order valence-electron chi connectivity index (χ4n) is 1.76. The van der Waals surface area contributed by atoms with Crippen LogP contribution in [-0.4, -0.2) is 21.0 Å². The van der Waals surface area contributed by atoms with Crippen molar-refractivity contribution in [3.63, 3.8) is 0 Å². The molecule has 0 spiro atoms. The minimum Gasteiger partial charge on any atom is -0.481 e. The van der Waals surface area contributed by atoms with E-state index in [0.29, 0.717) is 21.8 Å². The molecule has 0 unspecified atom stereocenters. The van der Waals surface area contributed by atoms with Crippen LogP contribution in [0.2, 0.25) is 0 Å². The van der Waals surface area contributed by atoms with Gasteiger partial charge >= 0.3 is 11.7 Å². The van der Waals surface area contributed by atoms with E-state index in [0.717, 1.165) is 5.56 Å². The molecule has 0 saturated carbocycles. The number of H-pyrrole nitrogens is 1. The Morgan fingerprint density at radius 1 is 1.47 bits per heavy atom. The molecule has 6 nitrogen and oxygen atoms in total. The Balaban J connectivity index is 2.01. The van der Waals surface area contributed by atoms with E-state index in [1.54, 1.807) is 23.6 Å². The summed E-state index contributed by atoms with van der Waals surface area (Å²) in [5.74, 6) is -1.41. The standard InChI is InChI=1S/C12H8N2O4S/c15-10(16)4-7-5-19-11(13-7)6-1-2-9-8(3-6)14-12(17)18-9/h1-3,5H,4H2,(H,14,17)(H,15,16). The average molecular weight is 276 g/mol. The zero-order chi connectivity index (χ0) is 13.4. The van der Waals surface area contributed by atoms with Crippen LogP contribution in [0.5, 0.6) is 0 Å². The molecule has 0 aliphatic carbocycles. The monoisotopic (exact) mass is 276 g/mol. The molecule has 0 saturated heterocycles. The van der Waals surface area contributed by atoms with Crippen LogP contribution in [0.3, 0.4) is 0 Å². The van der Waals surface area contributed by atoms with Crippen molar-refractivity contribution in [2.75, 3.05) is 0 Å². The van der Waals surface area contributed by atoms with E-state index >= 15 is 0 Å². The number of fused-ring (bicyclic) bond motifs is 1. The van der Waals surface area contributed by atoms with Crippen LogP contribution in [0, 0.1) is 0 Å². The van der Waals surface area contributed by atoms with E-state index in [1.165, 1.54) is 11.3 Å². The Morgan fingerprint density at radius 2 is 2.32 bits per heavy atom. The van der Waals surface area contributed by atoms with E-state index in [9.17, 15) is 9.59 Å². The van der Waals surface area contributed by atoms with Gasteiger partial charge < -0.3 is 9.52 Å². The SMILES string of the molecule is O=C(O)Cc1csc(-c2ccc3oc(=O)[nH]c3c2)n1. The Hall–Kier alpha value is -2.41. The van der Waals surface area contributed by atoms with Crippen molar-refractivity contribution in [3.05, 3.63) is 39.8 Å². The number of carbonyl (C=O) groups is 1. The predicted molar refractivity (Wildman–Crippen MR) is 69.3 cm³/mol. The molecule has 2 heterocycles. The minimum absolute atomic E-state index is 0.0959. The van der Waals surface area contributed by atoms with E-state index < -0.39 is 11.7 Å². The molecule has 0 atom stereocenters. The highest BCUT2D eigenvalue weighted by molar-refractivity contribution is 7.13. The first-order valence-electron chi connectivity index (χ1n) is 5.41. The maximum atomic E-state index is 11.1. The summed E-state index contributed by atoms with van der Waals surface area (Å²) < 4.78 is 4.91. The molecule has 2 N–H and O–H groups in total. The fraction of sp³-hybridized carbons (Fsp3) is 0.0833. The molecule has 2 aromatic heterocycles. The summed E-state index contributed by atoms with van der Waals surface area (Å²) >= 11 is 1.36. The molecule has 96 valence electrons. The molecule has 0 radical (unpaired) electrons. The number of rotatable bonds is 3. The maximum Gasteiger partial charge on any atom is 0.417 e. The second kappa shape index (κ2) is 4.36. The highest BCUT2D eigenvalue weighted by Gasteiger charge is 2.09. The Morgan fingerprint density at radius 3 is 3.11 bits per heavy atom. The van der Waals surface area contributed by atoms with Gasteiger partial charge in [0.2, 0.25) is 0 Å². The average Bonchev–Trinajstić information content (AvgIpc) is 2.92. The third kappa shape index (κ3) is 2.27. The number of thiazole rings is 1. The number of aromatic amines is 1. The molecular weight excluding hydrogens is 268 g/mol. The van der Waals surface area contributed by atoms with Gasteiger partial charge in [0.15, 0.2) is 5.58 Å². The number of benzene rings is 1. The van der Waals surface area contributed by atoms with E-state index in [-0.39, 0.29) is 6.42 Å². The zero-order valence-corrected chi connectivity index (χ0v) is 10.4. The van der Waals surface area contributed by atoms with Gasteiger partial charge in [0.25, 0.3) is 0 Å². The van der Waals surface area contributed by atoms with Gasteiger partial charge in [0.05, 0.1) is 17.6 Å². The van der Waals surface area contributed by atoms with Crippen molar-refractivity contribution in [2.45, 2.75) is 6.42 Å². The van der Waals surface area contributed by atoms with Crippen LogP contribution in [0.4, 0.5) is 0 Å². The lowest BCUT2D eigenvalue weighted by molar-refractivity contribution is -0.136. The normalized spacial score (nSPS) is 10.9. The van der Waals surface area contributed by atoms with Crippen LogP contribution in [-0.2, 0) is 11.2 Å². The molecule has 19 heavy (non-hydrogen) atoms. The maximum absolute atomic E-state index is 11.1. The first-order chi connectivity index (χ1) is 9.11. The highest BCUT2D eigenvalue weighted by Crippen LogP contribution is 2.26. The predicted octanol–water partition coefficient (Wildman–Crippen LogP) is 1.87. The minimum atomic E-state index is -0.911. The number of nitrogens with one attached hydrogen (secondary N) is 1. The number of oxazole rings is 1. The first-order valence-corrected chi connectivity index (χ1v) is 6.29. The van der Waals surface area contributed by atoms with E-state index in [2.05, 4.69) is 9.97 Å². The van der Waals surface area contributed by atoms with Gasteiger partial charge in [-0.25, -0.2) is 9.78 Å². The van der Waals surface area contributed by atoms with Crippen LogP contribution >= 0.6 is 11.3 Å². The summed E-state index contributed by atoms with van der Waals surface area (Å²) in [5.41, 5.74) is 2.41. The third-order valence-electron chi connectivity index (χ3n) is 2.55. The van der Waals surface area contributed by atoms with Crippen molar-refractivity contribution in [1.82, 2.24) is 9.97 Å². The van der Waals surface area contributed by atoms with Gasteiger partial charge in [0, 0.05) is 10.9 Å². The number of aliphatic carboxylic acids is 1. The van der Waals surface area contributed by atoms with Crippen molar-refractivity contribution in [1.29, 1.82) is 0 Å². The number of aromatic nitrogens is 2. The summed E-state index contributed by atoms with van der Waals surface area (Å²) in [7, 11) is 0. The molecule has 0 bridgehead atoms. The molecule has 0 aliphatic rings. The van der Waals surface area contributed by atoms with Crippen LogP contribution < -0.4 is 5.76 Å². The fourth-order valence-corrected chi connectivity index (χ4v) is 2.58. The lowest BCUT2D eigenvalue weighted by Gasteiger charge is -1.95. The lowest BCUT2D eigenvalue weighted by Crippen LogP contribution is -1.99. The summed E-state index contributed by atoms with van der Waals surface area (Å²) in [5, 5.41) is 11.1. The smallest absolute Gasteiger partial charge is 0.417 e. The lowest BCUT2D eigenvalue weighted by atomic mass is 10.2. The summed E-state index contributed by atoms with van der Waals surface area (Å²) in [6, 6.07) is 5.22. The van der Waals surface area contributed by atoms with Gasteiger partial charge in [-0.1, -0.05) is 0 Å². The van der Waals surface area contributed by atoms with Crippen molar-refractivity contribution < 1.29 is 14.3 Å². The van der Waals surface area contributed by atoms with Crippen LogP contribution in [0.25, 0.3) is 21.7 Å². The molecule has 7 heteroatoms. The third-order valence-corrected chi connectivity index (χ3v) is 3.49. The number of hydrogen-bond donors (Lipinski definition) is 2. The Kier molecular flexibility index (Phi) is 2.68. The molecule has 0 fully saturated rings. The number of nitrogens with zero attached hydrogens (tertiary/aromatic N) is 1. The summed E-state index contributed by atoms with van der Waals surface area (Å²) in [6.07, 6.45) is -0.0959. The number of carboxylic acid groups (broad SMARTS) is 1. The van der Waals surface area contributed by atoms with Gasteiger partial charge in [-0.2, -0.15) is 0 Å². The number of hydrogen-bond acceptors (Lipinski definition) is 5. The molecule has 0 aliphatic heterocycles. The number of carboxylic acids is 1. The van der Waals surface area contributed by atoms with Crippen molar-refractivity contribution in [2.24, 2.45) is 0 Å². The van der Waals surface area contributed by atoms with Crippen molar-refractivity contribution in [3.8, 4) is 10.6 Å². The van der Waals surface area contributed by atoms with E-state index in [4.69, 9.17) is 9.52 Å². The second-order valence-electron chi connectivity index (χ2n) is 3.94. The quantitative estimate of drug-likeness (QED) is 0.761. The summed E-state index contributed by atoms with van der Waals surface area (Å²) in [6.45, 7) is 0. The van der Waals surface area contributed by atoms with Crippen molar-refractivity contribution >= 4 is 28.4 Å².